The van der Waals surface area contributed by atoms with E-state index >= 15 is 0 Å². The fourth-order valence-electron chi connectivity index (χ4n) is 13.2. The van der Waals surface area contributed by atoms with Gasteiger partial charge in [-0.05, 0) is 32.1 Å². The van der Waals surface area contributed by atoms with Crippen LogP contribution in [0.5, 0.6) is 0 Å². The molecule has 0 aromatic rings. The molecule has 15 nitrogen and oxygen atoms in total. The third-order valence-electron chi connectivity index (χ3n) is 15.0. The summed E-state index contributed by atoms with van der Waals surface area (Å²) >= 11 is 0. The molecular weight excluding hydrogens is 672 g/mol. The summed E-state index contributed by atoms with van der Waals surface area (Å²) in [5.41, 5.74) is -6.39. The van der Waals surface area contributed by atoms with Crippen LogP contribution >= 0.6 is 0 Å². The first-order valence-electron chi connectivity index (χ1n) is 17.8. The summed E-state index contributed by atoms with van der Waals surface area (Å²) in [5, 5.41) is 24.4. The van der Waals surface area contributed by atoms with Crippen molar-refractivity contribution in [2.24, 2.45) is 57.7 Å². The van der Waals surface area contributed by atoms with Gasteiger partial charge in [0.1, 0.15) is 42.7 Å². The molecular formula is C36H46O15. The van der Waals surface area contributed by atoms with Gasteiger partial charge in [-0.25, -0.2) is 4.79 Å². The van der Waals surface area contributed by atoms with Crippen molar-refractivity contribution in [3.8, 4) is 0 Å². The smallest absolute Gasteiger partial charge is 0.341 e. The van der Waals surface area contributed by atoms with E-state index < -0.39 is 154 Å². The van der Waals surface area contributed by atoms with Gasteiger partial charge < -0.3 is 43.4 Å². The number of ketones is 1. The largest absolute Gasteiger partial charge is 0.462 e. The number of carbonyl (C=O) groups is 6. The second kappa shape index (κ2) is 10.3. The van der Waals surface area contributed by atoms with Crippen molar-refractivity contribution in [3.05, 3.63) is 0 Å². The SMILES string of the molecule is CC(=O)O[C@@H]1[C@H]2[C@H]3[C@H]([C@H](OC(C)=O)[C@H](OC(C)=O)[C@]2(C)[C@H]2[C@H](C)[C@H]4O[C@]45OC(=O)[C@@](C)(O)[C@]5(C)[C@@H]12)[C@]1(C)[C@H](C[C@@H]2O[C@@H]2[C@@H]1OC(C)=O)C(=O)[C@@H]3O. The Morgan fingerprint density at radius 3 is 1.90 bits per heavy atom. The maximum absolute atomic E-state index is 14.6. The number of esters is 5. The lowest BCUT2D eigenvalue weighted by molar-refractivity contribution is -0.273. The van der Waals surface area contributed by atoms with Crippen molar-refractivity contribution >= 4 is 35.6 Å². The number of hydrogen-bond donors (Lipinski definition) is 2. The third-order valence-corrected chi connectivity index (χ3v) is 15.0. The van der Waals surface area contributed by atoms with Gasteiger partial charge in [0.2, 0.25) is 5.79 Å². The Kier molecular flexibility index (Phi) is 7.05. The predicted octanol–water partition coefficient (Wildman–Crippen LogP) is 0.624. The molecule has 0 amide bonds. The van der Waals surface area contributed by atoms with Crippen LogP contribution in [0, 0.1) is 57.7 Å². The van der Waals surface area contributed by atoms with Gasteiger partial charge in [0.05, 0.1) is 11.5 Å². The molecule has 20 atom stereocenters. The van der Waals surface area contributed by atoms with Gasteiger partial charge in [0, 0.05) is 68.1 Å². The summed E-state index contributed by atoms with van der Waals surface area (Å²) in [6.07, 6.45) is -7.96. The van der Waals surface area contributed by atoms with Gasteiger partial charge in [-0.1, -0.05) is 20.8 Å². The van der Waals surface area contributed by atoms with Crippen molar-refractivity contribution in [1.29, 1.82) is 0 Å². The summed E-state index contributed by atoms with van der Waals surface area (Å²) in [4.78, 5) is 80.1. The molecule has 8 rings (SSSR count). The lowest BCUT2D eigenvalue weighted by Crippen LogP contribution is -2.74. The maximum Gasteiger partial charge on any atom is 0.341 e. The molecule has 5 aliphatic carbocycles. The molecule has 280 valence electrons. The van der Waals surface area contributed by atoms with Crippen molar-refractivity contribution in [3.63, 3.8) is 0 Å². The molecule has 1 spiro atoms. The van der Waals surface area contributed by atoms with Gasteiger partial charge in [-0.3, -0.25) is 24.0 Å². The minimum Gasteiger partial charge on any atom is -0.462 e. The van der Waals surface area contributed by atoms with E-state index in [0.717, 1.165) is 0 Å². The summed E-state index contributed by atoms with van der Waals surface area (Å²) in [7, 11) is 0. The number of aliphatic hydroxyl groups excluding tert-OH is 1. The summed E-state index contributed by atoms with van der Waals surface area (Å²) in [6.45, 7) is 13.3. The number of epoxide rings is 2. The first-order valence-corrected chi connectivity index (χ1v) is 17.8. The number of ether oxygens (including phenoxy) is 7. The highest BCUT2D eigenvalue weighted by molar-refractivity contribution is 5.88. The van der Waals surface area contributed by atoms with Crippen molar-refractivity contribution in [1.82, 2.24) is 0 Å². The molecule has 3 aliphatic heterocycles. The average molecular weight is 719 g/mol. The van der Waals surface area contributed by atoms with Gasteiger partial charge in [0.15, 0.2) is 11.4 Å². The van der Waals surface area contributed by atoms with Gasteiger partial charge in [-0.15, -0.1) is 0 Å². The Hall–Kier alpha value is -3.14. The Morgan fingerprint density at radius 1 is 0.765 bits per heavy atom. The fraction of sp³-hybridized carbons (Fsp3) is 0.833. The number of fused-ring (bicyclic) bond motifs is 9. The van der Waals surface area contributed by atoms with Crippen LogP contribution in [-0.2, 0) is 61.9 Å². The van der Waals surface area contributed by atoms with Crippen molar-refractivity contribution < 1.29 is 72.1 Å². The molecule has 0 radical (unpaired) electrons. The quantitative estimate of drug-likeness (QED) is 0.232. The predicted molar refractivity (Wildman–Crippen MR) is 165 cm³/mol. The van der Waals surface area contributed by atoms with E-state index in [1.807, 2.05) is 6.92 Å². The number of aliphatic hydroxyl groups is 2. The minimum absolute atomic E-state index is 0.211. The normalized spacial score (nSPS) is 56.6. The molecule has 51 heavy (non-hydrogen) atoms. The standard InChI is InChI=1S/C36H46O15/c1-11-19-22(34(8)35(9,44)31(43)51-36(34)28(11)50-36)26(45-12(2)37)20-18-21(27(46-13(3)38)30(33(19,20)7)48-15(5)40)32(6)16(23(41)24(18)42)10-17-25(49-17)29(32)47-14(4)39/h11,16-22,24-30,42,44H,10H2,1-9H3/t11-,16+,17-,18-,19-,20+,21+,22+,24+,25-,26+,27-,28+,29-,30-,32-,33+,34-,35+,36-/m0/s1. The van der Waals surface area contributed by atoms with Crippen LogP contribution in [-0.4, -0.2) is 106 Å². The molecule has 2 N–H and O–H groups in total. The molecule has 8 fully saturated rings. The molecule has 15 heteroatoms. The highest BCUT2D eigenvalue weighted by Gasteiger charge is 2.93. The zero-order valence-electron chi connectivity index (χ0n) is 30.1. The third kappa shape index (κ3) is 3.93. The molecule has 8 aliphatic rings. The Morgan fingerprint density at radius 2 is 1.31 bits per heavy atom. The monoisotopic (exact) mass is 718 g/mol. The summed E-state index contributed by atoms with van der Waals surface area (Å²) < 4.78 is 42.7. The number of Topliss-reactive ketones (excluding diaryl/α,β-unsaturated/α-hetero) is 1. The van der Waals surface area contributed by atoms with E-state index in [4.69, 9.17) is 33.2 Å². The molecule has 3 saturated heterocycles. The lowest BCUT2D eigenvalue weighted by Gasteiger charge is -2.65. The van der Waals surface area contributed by atoms with Crippen LogP contribution in [0.4, 0.5) is 0 Å². The first-order chi connectivity index (χ1) is 23.6. The zero-order chi connectivity index (χ0) is 37.3. The fourth-order valence-corrected chi connectivity index (χ4v) is 13.2. The van der Waals surface area contributed by atoms with Crippen LogP contribution in [0.3, 0.4) is 0 Å². The maximum atomic E-state index is 14.6. The Labute approximate surface area is 294 Å². The van der Waals surface area contributed by atoms with Crippen LogP contribution in [0.15, 0.2) is 0 Å². The highest BCUT2D eigenvalue weighted by atomic mass is 16.8. The van der Waals surface area contributed by atoms with Crippen LogP contribution in [0.2, 0.25) is 0 Å². The van der Waals surface area contributed by atoms with E-state index in [1.165, 1.54) is 34.6 Å². The van der Waals surface area contributed by atoms with Gasteiger partial charge >= 0.3 is 29.8 Å². The number of hydrogen-bond acceptors (Lipinski definition) is 15. The molecule has 3 heterocycles. The summed E-state index contributed by atoms with van der Waals surface area (Å²) in [6, 6.07) is 0. The van der Waals surface area contributed by atoms with Crippen LogP contribution in [0.25, 0.3) is 0 Å². The van der Waals surface area contributed by atoms with Crippen molar-refractivity contribution in [2.45, 2.75) is 129 Å². The van der Waals surface area contributed by atoms with E-state index in [2.05, 4.69) is 0 Å². The Bertz CT molecular complexity index is 1660. The van der Waals surface area contributed by atoms with Crippen LogP contribution in [0.1, 0.15) is 68.7 Å². The van der Waals surface area contributed by atoms with E-state index in [0.29, 0.717) is 0 Å². The molecule has 0 unspecified atom stereocenters. The molecule has 5 saturated carbocycles. The van der Waals surface area contributed by atoms with E-state index in [-0.39, 0.29) is 6.42 Å². The molecule has 0 aromatic heterocycles. The van der Waals surface area contributed by atoms with Gasteiger partial charge in [-0.2, -0.15) is 0 Å². The first kappa shape index (κ1) is 34.9. The molecule has 0 bridgehead atoms. The second-order valence-corrected chi connectivity index (χ2v) is 17.1. The average Bonchev–Trinajstić information content (AvgIpc) is 3.92. The van der Waals surface area contributed by atoms with Crippen molar-refractivity contribution in [2.75, 3.05) is 0 Å². The topological polar surface area (TPSA) is 214 Å². The number of rotatable bonds is 4. The number of carbonyl (C=O) groups excluding carboxylic acids is 6. The minimum atomic E-state index is -2.15. The van der Waals surface area contributed by atoms with Gasteiger partial charge in [0.25, 0.3) is 0 Å². The summed E-state index contributed by atoms with van der Waals surface area (Å²) in [5.74, 6) is -11.9. The van der Waals surface area contributed by atoms with Crippen LogP contribution < -0.4 is 0 Å². The van der Waals surface area contributed by atoms with E-state index in [1.54, 1.807) is 20.8 Å². The Balaban J connectivity index is 1.42. The zero-order valence-corrected chi connectivity index (χ0v) is 30.1. The second-order valence-electron chi connectivity index (χ2n) is 17.1. The highest BCUT2D eigenvalue weighted by Crippen LogP contribution is 2.81. The molecule has 0 aromatic carbocycles. The van der Waals surface area contributed by atoms with E-state index in [9.17, 15) is 39.0 Å². The lowest BCUT2D eigenvalue weighted by atomic mass is 9.41.